The molecule has 2 aromatic rings. The van der Waals surface area contributed by atoms with Gasteiger partial charge < -0.3 is 14.4 Å². The fraction of sp³-hybridized carbons (Fsp3) is 0.476. The maximum absolute atomic E-state index is 11.7. The normalized spacial score (nSPS) is 19.0. The van der Waals surface area contributed by atoms with E-state index in [9.17, 15) is 4.79 Å². The number of likely N-dealkylation sites (tertiary alicyclic amines) is 1. The van der Waals surface area contributed by atoms with Crippen molar-refractivity contribution in [1.29, 1.82) is 0 Å². The highest BCUT2D eigenvalue weighted by Crippen LogP contribution is 2.15. The quantitative estimate of drug-likeness (QED) is 0.404. The number of allylic oxidation sites excluding steroid dienone is 1. The van der Waals surface area contributed by atoms with E-state index in [1.807, 2.05) is 46.5 Å². The molecule has 3 rings (SSSR count). The first-order chi connectivity index (χ1) is 14.0. The summed E-state index contributed by atoms with van der Waals surface area (Å²) in [4.78, 5) is 13.1. The number of ether oxygens (including phenoxy) is 2. The summed E-state index contributed by atoms with van der Waals surface area (Å²) in [5.41, 5.74) is 1.15. The lowest BCUT2D eigenvalue weighted by Gasteiger charge is -2.27. The van der Waals surface area contributed by atoms with Crippen LogP contribution in [0.2, 0.25) is 0 Å². The number of quaternary nitrogens is 1. The van der Waals surface area contributed by atoms with Gasteiger partial charge in [0.15, 0.2) is 12.5 Å². The highest BCUT2D eigenvalue weighted by Gasteiger charge is 2.28. The van der Waals surface area contributed by atoms with Crippen molar-refractivity contribution in [2.45, 2.75) is 39.6 Å². The van der Waals surface area contributed by atoms with Gasteiger partial charge in [-0.3, -0.25) is 9.36 Å². The number of hydrogen-bond acceptors (Lipinski definition) is 5. The number of methoxy groups -OCH3 is 1. The molecular formula is C21H29N4O3S+. The van der Waals surface area contributed by atoms with Crippen molar-refractivity contribution >= 4 is 18.2 Å². The average Bonchev–Trinajstić information content (AvgIpc) is 3.02. The third kappa shape index (κ3) is 5.33. The van der Waals surface area contributed by atoms with Gasteiger partial charge in [-0.15, -0.1) is 11.7 Å². The van der Waals surface area contributed by atoms with E-state index in [1.165, 1.54) is 12.0 Å². The number of benzene rings is 1. The van der Waals surface area contributed by atoms with Crippen LogP contribution in [-0.2, 0) is 29.4 Å². The van der Waals surface area contributed by atoms with Crippen LogP contribution in [-0.4, -0.2) is 40.5 Å². The molecule has 156 valence electrons. The maximum Gasteiger partial charge on any atom is 0.309 e. The number of hydrogen-bond donors (Lipinski definition) is 1. The zero-order chi connectivity index (χ0) is 20.8. The summed E-state index contributed by atoms with van der Waals surface area (Å²) in [5, 5.41) is 4.72. The molecule has 8 heteroatoms. The highest BCUT2D eigenvalue weighted by molar-refractivity contribution is 7.71. The molecule has 1 fully saturated rings. The summed E-state index contributed by atoms with van der Waals surface area (Å²) in [6, 6.07) is 7.94. The fourth-order valence-corrected chi connectivity index (χ4v) is 3.94. The minimum atomic E-state index is -0.105. The van der Waals surface area contributed by atoms with E-state index in [1.54, 1.807) is 0 Å². The first kappa shape index (κ1) is 21.3. The molecule has 1 aliphatic rings. The topological polar surface area (TPSA) is 62.7 Å². The monoisotopic (exact) mass is 417 g/mol. The third-order valence-corrected chi connectivity index (χ3v) is 5.70. The van der Waals surface area contributed by atoms with Gasteiger partial charge in [-0.25, -0.2) is 0 Å². The SMILES string of the molecule is C=CCn1c(COc2cccc(C)c2)nn(C[NH+]2CCC(C(=O)OC)CC2)c1=S. The van der Waals surface area contributed by atoms with E-state index >= 15 is 0 Å². The molecule has 1 aromatic heterocycles. The molecule has 0 radical (unpaired) electrons. The highest BCUT2D eigenvalue weighted by atomic mass is 32.1. The second kappa shape index (κ2) is 9.84. The van der Waals surface area contributed by atoms with Crippen LogP contribution < -0.4 is 9.64 Å². The smallest absolute Gasteiger partial charge is 0.309 e. The number of carbonyl (C=O) groups is 1. The largest absolute Gasteiger partial charge is 0.486 e. The number of nitrogens with zero attached hydrogens (tertiary/aromatic N) is 3. The summed E-state index contributed by atoms with van der Waals surface area (Å²) in [6.07, 6.45) is 3.46. The molecular weight excluding hydrogens is 388 g/mol. The van der Waals surface area contributed by atoms with Gasteiger partial charge in [-0.1, -0.05) is 18.2 Å². The van der Waals surface area contributed by atoms with Crippen LogP contribution >= 0.6 is 12.2 Å². The Morgan fingerprint density at radius 1 is 1.41 bits per heavy atom. The van der Waals surface area contributed by atoms with Gasteiger partial charge in [0.25, 0.3) is 0 Å². The lowest BCUT2D eigenvalue weighted by atomic mass is 9.97. The van der Waals surface area contributed by atoms with Crippen molar-refractivity contribution in [3.63, 3.8) is 0 Å². The molecule has 1 aromatic carbocycles. The van der Waals surface area contributed by atoms with E-state index in [-0.39, 0.29) is 11.9 Å². The Morgan fingerprint density at radius 2 is 2.17 bits per heavy atom. The molecule has 1 N–H and O–H groups in total. The Hall–Kier alpha value is -2.45. The first-order valence-electron chi connectivity index (χ1n) is 9.90. The van der Waals surface area contributed by atoms with Crippen LogP contribution in [0.1, 0.15) is 24.2 Å². The molecule has 2 heterocycles. The Labute approximate surface area is 176 Å². The predicted molar refractivity (Wildman–Crippen MR) is 112 cm³/mol. The van der Waals surface area contributed by atoms with Gasteiger partial charge >= 0.3 is 5.97 Å². The fourth-order valence-electron chi connectivity index (χ4n) is 3.66. The van der Waals surface area contributed by atoms with Crippen LogP contribution in [0.25, 0.3) is 0 Å². The van der Waals surface area contributed by atoms with Crippen LogP contribution in [0.5, 0.6) is 5.75 Å². The van der Waals surface area contributed by atoms with Gasteiger partial charge in [0.05, 0.1) is 26.1 Å². The van der Waals surface area contributed by atoms with Crippen molar-refractivity contribution in [3.8, 4) is 5.75 Å². The van der Waals surface area contributed by atoms with Gasteiger partial charge in [0, 0.05) is 19.4 Å². The molecule has 0 atom stereocenters. The van der Waals surface area contributed by atoms with Crippen LogP contribution in [0.15, 0.2) is 36.9 Å². The van der Waals surface area contributed by atoms with Gasteiger partial charge in [0.1, 0.15) is 12.4 Å². The first-order valence-corrected chi connectivity index (χ1v) is 10.3. The van der Waals surface area contributed by atoms with Crippen LogP contribution in [0.3, 0.4) is 0 Å². The molecule has 0 bridgehead atoms. The van der Waals surface area contributed by atoms with E-state index in [0.29, 0.717) is 24.6 Å². The summed E-state index contributed by atoms with van der Waals surface area (Å²) < 4.78 is 15.3. The minimum absolute atomic E-state index is 0.00772. The number of aryl methyl sites for hydroxylation is 1. The van der Waals surface area contributed by atoms with Crippen LogP contribution in [0.4, 0.5) is 0 Å². The molecule has 0 unspecified atom stereocenters. The molecule has 0 saturated carbocycles. The third-order valence-electron chi connectivity index (χ3n) is 5.27. The van der Waals surface area contributed by atoms with Crippen molar-refractivity contribution in [1.82, 2.24) is 14.3 Å². The van der Waals surface area contributed by atoms with E-state index in [0.717, 1.165) is 43.1 Å². The molecule has 0 spiro atoms. The standard InChI is InChI=1S/C21H28N4O3S/c1-4-10-24-19(14-28-18-7-5-6-16(2)13-18)22-25(21(24)29)15-23-11-8-17(9-12-23)20(26)27-3/h4-7,13,17H,1,8-12,14-15H2,2-3H3/p+1. The van der Waals surface area contributed by atoms with Crippen molar-refractivity contribution < 1.29 is 19.2 Å². The van der Waals surface area contributed by atoms with Gasteiger partial charge in [0.2, 0.25) is 4.77 Å². The average molecular weight is 418 g/mol. The lowest BCUT2D eigenvalue weighted by molar-refractivity contribution is -0.929. The maximum atomic E-state index is 11.7. The van der Waals surface area contributed by atoms with Crippen LogP contribution in [0, 0.1) is 17.6 Å². The predicted octanol–water partition coefficient (Wildman–Crippen LogP) is 1.91. The molecule has 7 nitrogen and oxygen atoms in total. The van der Waals surface area contributed by atoms with E-state index in [4.69, 9.17) is 26.8 Å². The molecule has 1 saturated heterocycles. The molecule has 0 amide bonds. The summed E-state index contributed by atoms with van der Waals surface area (Å²) in [7, 11) is 1.45. The number of esters is 1. The number of carbonyl (C=O) groups excluding carboxylic acids is 1. The Kier molecular flexibility index (Phi) is 7.22. The number of piperidine rings is 1. The Balaban J connectivity index is 1.68. The van der Waals surface area contributed by atoms with E-state index < -0.39 is 0 Å². The second-order valence-corrected chi connectivity index (χ2v) is 7.77. The van der Waals surface area contributed by atoms with Crippen molar-refractivity contribution in [3.05, 3.63) is 53.1 Å². The van der Waals surface area contributed by atoms with Gasteiger partial charge in [-0.2, -0.15) is 4.68 Å². The number of nitrogens with one attached hydrogen (secondary N) is 1. The summed E-state index contributed by atoms with van der Waals surface area (Å²) in [6.45, 7) is 9.26. The van der Waals surface area contributed by atoms with Gasteiger partial charge in [-0.05, 0) is 36.8 Å². The molecule has 29 heavy (non-hydrogen) atoms. The Bertz CT molecular complexity index is 913. The molecule has 0 aliphatic carbocycles. The molecule has 1 aliphatic heterocycles. The number of rotatable bonds is 8. The summed E-state index contributed by atoms with van der Waals surface area (Å²) in [5.74, 6) is 1.49. The van der Waals surface area contributed by atoms with E-state index in [2.05, 4.69) is 6.58 Å². The van der Waals surface area contributed by atoms with Crippen molar-refractivity contribution in [2.75, 3.05) is 20.2 Å². The zero-order valence-electron chi connectivity index (χ0n) is 17.1. The second-order valence-electron chi connectivity index (χ2n) is 7.41. The zero-order valence-corrected chi connectivity index (χ0v) is 17.9. The lowest BCUT2D eigenvalue weighted by Crippen LogP contribution is -3.12. The summed E-state index contributed by atoms with van der Waals surface area (Å²) >= 11 is 5.65. The minimum Gasteiger partial charge on any atom is -0.486 e. The Morgan fingerprint density at radius 3 is 2.83 bits per heavy atom. The van der Waals surface area contributed by atoms with Crippen molar-refractivity contribution in [2.24, 2.45) is 5.92 Å². The number of aromatic nitrogens is 3.